The third-order valence-electron chi connectivity index (χ3n) is 4.23. The quantitative estimate of drug-likeness (QED) is 0.614. The standard InChI is InChI=1S/C22H22N2O4S/c1-16-7-9-18(10-8-16)23-22(25)15-28-19-11-13-20(14-12-19)29(26,27)24-21-6-4-3-5-17(21)2/h3-14,24H,15H2,1-2H3,(H,23,25). The molecule has 0 saturated carbocycles. The molecule has 0 aliphatic heterocycles. The highest BCUT2D eigenvalue weighted by molar-refractivity contribution is 7.92. The smallest absolute Gasteiger partial charge is 0.262 e. The van der Waals surface area contributed by atoms with Crippen molar-refractivity contribution in [2.75, 3.05) is 16.6 Å². The molecule has 3 aromatic carbocycles. The molecular formula is C22H22N2O4S. The van der Waals surface area contributed by atoms with Crippen LogP contribution >= 0.6 is 0 Å². The Morgan fingerprint density at radius 1 is 0.897 bits per heavy atom. The SMILES string of the molecule is Cc1ccc(NC(=O)COc2ccc(S(=O)(=O)Nc3ccccc3C)cc2)cc1. The number of aryl methyl sites for hydroxylation is 2. The summed E-state index contributed by atoms with van der Waals surface area (Å²) in [6, 6.07) is 20.5. The van der Waals surface area contributed by atoms with Crippen LogP contribution in [0.1, 0.15) is 11.1 Å². The Hall–Kier alpha value is -3.32. The van der Waals surface area contributed by atoms with E-state index in [4.69, 9.17) is 4.74 Å². The lowest BCUT2D eigenvalue weighted by Crippen LogP contribution is -2.20. The van der Waals surface area contributed by atoms with Crippen LogP contribution in [0.2, 0.25) is 0 Å². The molecule has 2 N–H and O–H groups in total. The van der Waals surface area contributed by atoms with Gasteiger partial charge in [-0.3, -0.25) is 9.52 Å². The first-order valence-corrected chi connectivity index (χ1v) is 10.5. The molecule has 0 fully saturated rings. The Balaban J connectivity index is 1.58. The van der Waals surface area contributed by atoms with Gasteiger partial charge in [0.15, 0.2) is 6.61 Å². The van der Waals surface area contributed by atoms with Gasteiger partial charge in [-0.15, -0.1) is 0 Å². The minimum absolute atomic E-state index is 0.109. The number of sulfonamides is 1. The predicted molar refractivity (Wildman–Crippen MR) is 114 cm³/mol. The Kier molecular flexibility index (Phi) is 6.19. The molecular weight excluding hydrogens is 388 g/mol. The van der Waals surface area contributed by atoms with Crippen molar-refractivity contribution in [3.63, 3.8) is 0 Å². The zero-order chi connectivity index (χ0) is 20.9. The van der Waals surface area contributed by atoms with Gasteiger partial charge < -0.3 is 10.1 Å². The van der Waals surface area contributed by atoms with E-state index < -0.39 is 10.0 Å². The molecule has 29 heavy (non-hydrogen) atoms. The molecule has 0 saturated heterocycles. The van der Waals surface area contributed by atoms with Crippen LogP contribution in [0, 0.1) is 13.8 Å². The van der Waals surface area contributed by atoms with Crippen molar-refractivity contribution in [2.45, 2.75) is 18.7 Å². The molecule has 0 bridgehead atoms. The number of carbonyl (C=O) groups is 1. The summed E-state index contributed by atoms with van der Waals surface area (Å²) in [6.45, 7) is 3.62. The summed E-state index contributed by atoms with van der Waals surface area (Å²) in [4.78, 5) is 12.1. The highest BCUT2D eigenvalue weighted by atomic mass is 32.2. The summed E-state index contributed by atoms with van der Waals surface area (Å²) in [5.74, 6) is 0.102. The lowest BCUT2D eigenvalue weighted by molar-refractivity contribution is -0.118. The number of para-hydroxylation sites is 1. The summed E-state index contributed by atoms with van der Waals surface area (Å²) < 4.78 is 33.1. The van der Waals surface area contributed by atoms with Crippen LogP contribution in [0.3, 0.4) is 0 Å². The number of carbonyl (C=O) groups excluding carboxylic acids is 1. The second-order valence-electron chi connectivity index (χ2n) is 6.59. The van der Waals surface area contributed by atoms with E-state index in [0.29, 0.717) is 17.1 Å². The van der Waals surface area contributed by atoms with E-state index in [1.165, 1.54) is 24.3 Å². The molecule has 3 rings (SSSR count). The number of hydrogen-bond acceptors (Lipinski definition) is 4. The monoisotopic (exact) mass is 410 g/mol. The van der Waals surface area contributed by atoms with E-state index in [1.54, 1.807) is 12.1 Å². The lowest BCUT2D eigenvalue weighted by Gasteiger charge is -2.11. The van der Waals surface area contributed by atoms with Crippen LogP contribution in [0.25, 0.3) is 0 Å². The molecule has 0 atom stereocenters. The van der Waals surface area contributed by atoms with Gasteiger partial charge in [0.25, 0.3) is 15.9 Å². The minimum atomic E-state index is -3.71. The maximum Gasteiger partial charge on any atom is 0.262 e. The number of hydrogen-bond donors (Lipinski definition) is 2. The summed E-state index contributed by atoms with van der Waals surface area (Å²) in [6.07, 6.45) is 0. The summed E-state index contributed by atoms with van der Waals surface area (Å²) in [5, 5.41) is 2.74. The second kappa shape index (κ2) is 8.79. The number of rotatable bonds is 7. The number of amides is 1. The van der Waals surface area contributed by atoms with E-state index in [2.05, 4.69) is 10.0 Å². The van der Waals surface area contributed by atoms with E-state index >= 15 is 0 Å². The lowest BCUT2D eigenvalue weighted by atomic mass is 10.2. The molecule has 3 aromatic rings. The van der Waals surface area contributed by atoms with Crippen molar-refractivity contribution >= 4 is 27.3 Å². The molecule has 6 nitrogen and oxygen atoms in total. The average Bonchev–Trinajstić information content (AvgIpc) is 2.70. The molecule has 0 aliphatic rings. The highest BCUT2D eigenvalue weighted by Gasteiger charge is 2.15. The Morgan fingerprint density at radius 3 is 2.21 bits per heavy atom. The molecule has 0 spiro atoms. The Bertz CT molecular complexity index is 1090. The number of nitrogens with one attached hydrogen (secondary N) is 2. The zero-order valence-electron chi connectivity index (χ0n) is 16.2. The largest absolute Gasteiger partial charge is 0.484 e. The molecule has 0 unspecified atom stereocenters. The maximum atomic E-state index is 12.5. The fraction of sp³-hybridized carbons (Fsp3) is 0.136. The number of ether oxygens (including phenoxy) is 1. The first-order valence-electron chi connectivity index (χ1n) is 9.01. The minimum Gasteiger partial charge on any atom is -0.484 e. The van der Waals surface area contributed by atoms with Gasteiger partial charge in [0.2, 0.25) is 0 Å². The Labute approximate surface area is 170 Å². The average molecular weight is 410 g/mol. The topological polar surface area (TPSA) is 84.5 Å². The molecule has 0 radical (unpaired) electrons. The summed E-state index contributed by atoms with van der Waals surface area (Å²) >= 11 is 0. The summed E-state index contributed by atoms with van der Waals surface area (Å²) in [7, 11) is -3.71. The van der Waals surface area contributed by atoms with Gasteiger partial charge in [-0.2, -0.15) is 0 Å². The Morgan fingerprint density at radius 2 is 1.55 bits per heavy atom. The van der Waals surface area contributed by atoms with Crippen LogP contribution in [0.5, 0.6) is 5.75 Å². The van der Waals surface area contributed by atoms with E-state index in [9.17, 15) is 13.2 Å². The van der Waals surface area contributed by atoms with Crippen LogP contribution < -0.4 is 14.8 Å². The van der Waals surface area contributed by atoms with Crippen molar-refractivity contribution in [3.8, 4) is 5.75 Å². The van der Waals surface area contributed by atoms with Gasteiger partial charge in [-0.05, 0) is 61.9 Å². The molecule has 0 heterocycles. The van der Waals surface area contributed by atoms with Gasteiger partial charge in [0.05, 0.1) is 10.6 Å². The molecule has 1 amide bonds. The van der Waals surface area contributed by atoms with Crippen LogP contribution in [0.15, 0.2) is 77.7 Å². The van der Waals surface area contributed by atoms with Gasteiger partial charge >= 0.3 is 0 Å². The molecule has 150 valence electrons. The normalized spacial score (nSPS) is 11.0. The third-order valence-corrected chi connectivity index (χ3v) is 5.61. The third kappa shape index (κ3) is 5.58. The number of benzene rings is 3. The van der Waals surface area contributed by atoms with Gasteiger partial charge in [-0.25, -0.2) is 8.42 Å². The van der Waals surface area contributed by atoms with Crippen molar-refractivity contribution in [1.29, 1.82) is 0 Å². The van der Waals surface area contributed by atoms with Gasteiger partial charge in [0.1, 0.15) is 5.75 Å². The fourth-order valence-corrected chi connectivity index (χ4v) is 3.72. The molecule has 0 aromatic heterocycles. The van der Waals surface area contributed by atoms with Crippen molar-refractivity contribution in [2.24, 2.45) is 0 Å². The second-order valence-corrected chi connectivity index (χ2v) is 8.28. The van der Waals surface area contributed by atoms with Gasteiger partial charge in [-0.1, -0.05) is 35.9 Å². The van der Waals surface area contributed by atoms with Crippen LogP contribution in [0.4, 0.5) is 11.4 Å². The first kappa shape index (κ1) is 20.4. The summed E-state index contributed by atoms with van der Waals surface area (Å²) in [5.41, 5.74) is 3.15. The van der Waals surface area contributed by atoms with Crippen LogP contribution in [-0.4, -0.2) is 20.9 Å². The van der Waals surface area contributed by atoms with Crippen molar-refractivity contribution in [3.05, 3.63) is 83.9 Å². The predicted octanol–water partition coefficient (Wildman–Crippen LogP) is 4.12. The van der Waals surface area contributed by atoms with E-state index in [0.717, 1.165) is 11.1 Å². The maximum absolute atomic E-state index is 12.5. The van der Waals surface area contributed by atoms with E-state index in [-0.39, 0.29) is 17.4 Å². The van der Waals surface area contributed by atoms with Gasteiger partial charge in [0, 0.05) is 5.69 Å². The van der Waals surface area contributed by atoms with Crippen LogP contribution in [-0.2, 0) is 14.8 Å². The fourth-order valence-electron chi connectivity index (χ4n) is 2.59. The van der Waals surface area contributed by atoms with E-state index in [1.807, 2.05) is 50.2 Å². The zero-order valence-corrected chi connectivity index (χ0v) is 17.0. The molecule has 0 aliphatic carbocycles. The van der Waals surface area contributed by atoms with Crippen molar-refractivity contribution < 1.29 is 17.9 Å². The van der Waals surface area contributed by atoms with Crippen molar-refractivity contribution in [1.82, 2.24) is 0 Å². The first-order chi connectivity index (χ1) is 13.8. The molecule has 7 heteroatoms. The highest BCUT2D eigenvalue weighted by Crippen LogP contribution is 2.21. The number of anilines is 2.